The lowest BCUT2D eigenvalue weighted by molar-refractivity contribution is 0.0605. The molecular formula is C10H11N3O2S2. The highest BCUT2D eigenvalue weighted by Crippen LogP contribution is 2.23. The molecule has 2 rings (SSSR count). The Balaban J connectivity index is 2.05. The van der Waals surface area contributed by atoms with Crippen LogP contribution in [0.3, 0.4) is 0 Å². The molecule has 0 atom stereocenters. The summed E-state index contributed by atoms with van der Waals surface area (Å²) in [5, 5.41) is 6.75. The number of esters is 1. The SMILES string of the molecule is COC(=O)c1sc(NCc2nccs2)nc1C. The summed E-state index contributed by atoms with van der Waals surface area (Å²) in [6, 6.07) is 0. The number of methoxy groups -OCH3 is 1. The zero-order valence-corrected chi connectivity index (χ0v) is 11.0. The Morgan fingerprint density at radius 3 is 3.06 bits per heavy atom. The van der Waals surface area contributed by atoms with Crippen LogP contribution in [0.25, 0.3) is 0 Å². The molecule has 0 amide bonds. The van der Waals surface area contributed by atoms with Gasteiger partial charge >= 0.3 is 5.97 Å². The first-order valence-electron chi connectivity index (χ1n) is 4.88. The average Bonchev–Trinajstić information content (AvgIpc) is 2.94. The quantitative estimate of drug-likeness (QED) is 0.863. The van der Waals surface area contributed by atoms with Gasteiger partial charge in [-0.3, -0.25) is 0 Å². The summed E-state index contributed by atoms with van der Waals surface area (Å²) in [5.41, 5.74) is 0.684. The number of anilines is 1. The lowest BCUT2D eigenvalue weighted by atomic mass is 10.4. The molecule has 2 heterocycles. The van der Waals surface area contributed by atoms with E-state index in [9.17, 15) is 4.79 Å². The largest absolute Gasteiger partial charge is 0.465 e. The Morgan fingerprint density at radius 1 is 1.59 bits per heavy atom. The van der Waals surface area contributed by atoms with Gasteiger partial charge in [-0.05, 0) is 6.92 Å². The summed E-state index contributed by atoms with van der Waals surface area (Å²) >= 11 is 2.87. The minimum atomic E-state index is -0.345. The molecule has 2 aromatic heterocycles. The van der Waals surface area contributed by atoms with E-state index in [2.05, 4.69) is 20.0 Å². The van der Waals surface area contributed by atoms with Crippen LogP contribution < -0.4 is 5.32 Å². The topological polar surface area (TPSA) is 64.1 Å². The molecule has 0 aliphatic rings. The predicted octanol–water partition coefficient (Wildman–Crippen LogP) is 2.31. The van der Waals surface area contributed by atoms with Crippen LogP contribution in [0.15, 0.2) is 11.6 Å². The summed E-state index contributed by atoms with van der Waals surface area (Å²) in [6.07, 6.45) is 1.76. The number of aromatic nitrogens is 2. The monoisotopic (exact) mass is 269 g/mol. The second kappa shape index (κ2) is 5.24. The van der Waals surface area contributed by atoms with Crippen molar-refractivity contribution in [2.24, 2.45) is 0 Å². The van der Waals surface area contributed by atoms with E-state index < -0.39 is 0 Å². The van der Waals surface area contributed by atoms with Gasteiger partial charge in [0.15, 0.2) is 5.13 Å². The Kier molecular flexibility index (Phi) is 3.70. The molecule has 0 aliphatic carbocycles. The Labute approximate surface area is 106 Å². The fraction of sp³-hybridized carbons (Fsp3) is 0.300. The highest BCUT2D eigenvalue weighted by molar-refractivity contribution is 7.17. The van der Waals surface area contributed by atoms with E-state index in [-0.39, 0.29) is 5.97 Å². The van der Waals surface area contributed by atoms with Crippen molar-refractivity contribution in [2.75, 3.05) is 12.4 Å². The molecule has 5 nitrogen and oxygen atoms in total. The number of ether oxygens (including phenoxy) is 1. The molecule has 0 radical (unpaired) electrons. The van der Waals surface area contributed by atoms with Crippen LogP contribution in [0, 0.1) is 6.92 Å². The van der Waals surface area contributed by atoms with Crippen molar-refractivity contribution in [3.63, 3.8) is 0 Å². The van der Waals surface area contributed by atoms with Gasteiger partial charge in [0, 0.05) is 11.6 Å². The fourth-order valence-corrected chi connectivity index (χ4v) is 2.68. The molecule has 0 aliphatic heterocycles. The highest BCUT2D eigenvalue weighted by atomic mass is 32.1. The first-order chi connectivity index (χ1) is 8.20. The molecule has 17 heavy (non-hydrogen) atoms. The van der Waals surface area contributed by atoms with Gasteiger partial charge in [0.05, 0.1) is 19.3 Å². The van der Waals surface area contributed by atoms with Gasteiger partial charge in [-0.15, -0.1) is 11.3 Å². The van der Waals surface area contributed by atoms with Crippen LogP contribution in [0.2, 0.25) is 0 Å². The van der Waals surface area contributed by atoms with Gasteiger partial charge in [-0.2, -0.15) is 0 Å². The maximum absolute atomic E-state index is 11.4. The molecule has 0 bridgehead atoms. The molecule has 0 unspecified atom stereocenters. The minimum absolute atomic E-state index is 0.345. The van der Waals surface area contributed by atoms with E-state index in [1.54, 1.807) is 24.5 Å². The number of carbonyl (C=O) groups excluding carboxylic acids is 1. The zero-order chi connectivity index (χ0) is 12.3. The number of nitrogens with zero attached hydrogens (tertiary/aromatic N) is 2. The standard InChI is InChI=1S/C10H11N3O2S2/c1-6-8(9(14)15-2)17-10(13-6)12-5-7-11-3-4-16-7/h3-4H,5H2,1-2H3,(H,12,13). The van der Waals surface area contributed by atoms with E-state index >= 15 is 0 Å². The molecular weight excluding hydrogens is 258 g/mol. The Hall–Kier alpha value is -1.47. The highest BCUT2D eigenvalue weighted by Gasteiger charge is 2.15. The lowest BCUT2D eigenvalue weighted by Gasteiger charge is -1.97. The van der Waals surface area contributed by atoms with Gasteiger partial charge in [0.2, 0.25) is 0 Å². The van der Waals surface area contributed by atoms with Crippen LogP contribution in [-0.2, 0) is 11.3 Å². The van der Waals surface area contributed by atoms with Crippen molar-refractivity contribution in [1.29, 1.82) is 0 Å². The molecule has 90 valence electrons. The third kappa shape index (κ3) is 2.80. The zero-order valence-electron chi connectivity index (χ0n) is 9.39. The third-order valence-electron chi connectivity index (χ3n) is 2.04. The second-order valence-corrected chi connectivity index (χ2v) is 5.18. The lowest BCUT2D eigenvalue weighted by Crippen LogP contribution is -1.99. The van der Waals surface area contributed by atoms with Crippen molar-refractivity contribution in [3.8, 4) is 0 Å². The fourth-order valence-electron chi connectivity index (χ4n) is 1.25. The number of rotatable bonds is 4. The van der Waals surface area contributed by atoms with Crippen molar-refractivity contribution in [1.82, 2.24) is 9.97 Å². The number of aryl methyl sites for hydroxylation is 1. The normalized spacial score (nSPS) is 10.2. The summed E-state index contributed by atoms with van der Waals surface area (Å²) in [4.78, 5) is 20.3. The third-order valence-corrected chi connectivity index (χ3v) is 3.92. The summed E-state index contributed by atoms with van der Waals surface area (Å²) < 4.78 is 4.67. The average molecular weight is 269 g/mol. The molecule has 1 N–H and O–H groups in total. The second-order valence-electron chi connectivity index (χ2n) is 3.20. The first-order valence-corrected chi connectivity index (χ1v) is 6.58. The maximum Gasteiger partial charge on any atom is 0.350 e. The summed E-state index contributed by atoms with van der Waals surface area (Å²) in [7, 11) is 1.37. The van der Waals surface area contributed by atoms with E-state index in [4.69, 9.17) is 0 Å². The Bertz CT molecular complexity index is 508. The Morgan fingerprint density at radius 2 is 2.41 bits per heavy atom. The predicted molar refractivity (Wildman–Crippen MR) is 67.6 cm³/mol. The minimum Gasteiger partial charge on any atom is -0.465 e. The molecule has 0 fully saturated rings. The van der Waals surface area contributed by atoms with Crippen molar-refractivity contribution in [2.45, 2.75) is 13.5 Å². The molecule has 2 aromatic rings. The van der Waals surface area contributed by atoms with Crippen LogP contribution in [0.1, 0.15) is 20.4 Å². The van der Waals surface area contributed by atoms with E-state index in [1.165, 1.54) is 18.4 Å². The first kappa shape index (κ1) is 12.0. The van der Waals surface area contributed by atoms with Gasteiger partial charge in [-0.25, -0.2) is 14.8 Å². The molecule has 0 saturated heterocycles. The van der Waals surface area contributed by atoms with Gasteiger partial charge in [0.25, 0.3) is 0 Å². The smallest absolute Gasteiger partial charge is 0.350 e. The maximum atomic E-state index is 11.4. The van der Waals surface area contributed by atoms with Crippen molar-refractivity contribution >= 4 is 33.8 Å². The van der Waals surface area contributed by atoms with Crippen LogP contribution >= 0.6 is 22.7 Å². The van der Waals surface area contributed by atoms with E-state index in [1.807, 2.05) is 5.38 Å². The number of hydrogen-bond acceptors (Lipinski definition) is 7. The van der Waals surface area contributed by atoms with Crippen LogP contribution in [-0.4, -0.2) is 23.0 Å². The van der Waals surface area contributed by atoms with Crippen molar-refractivity contribution in [3.05, 3.63) is 27.2 Å². The number of nitrogens with one attached hydrogen (secondary N) is 1. The summed E-state index contributed by atoms with van der Waals surface area (Å²) in [6.45, 7) is 2.41. The van der Waals surface area contributed by atoms with Gasteiger partial charge < -0.3 is 10.1 Å². The molecule has 0 saturated carbocycles. The number of thiazole rings is 2. The van der Waals surface area contributed by atoms with Crippen molar-refractivity contribution < 1.29 is 9.53 Å². The van der Waals surface area contributed by atoms with Crippen LogP contribution in [0.5, 0.6) is 0 Å². The van der Waals surface area contributed by atoms with Gasteiger partial charge in [-0.1, -0.05) is 11.3 Å². The molecule has 0 spiro atoms. The summed E-state index contributed by atoms with van der Waals surface area (Å²) in [5.74, 6) is -0.345. The molecule has 0 aromatic carbocycles. The van der Waals surface area contributed by atoms with Crippen LogP contribution in [0.4, 0.5) is 5.13 Å². The number of hydrogen-bond donors (Lipinski definition) is 1. The van der Waals surface area contributed by atoms with E-state index in [0.29, 0.717) is 22.2 Å². The molecule has 7 heteroatoms. The van der Waals surface area contributed by atoms with Gasteiger partial charge in [0.1, 0.15) is 9.88 Å². The number of carbonyl (C=O) groups is 1. The van der Waals surface area contributed by atoms with E-state index in [0.717, 1.165) is 5.01 Å².